The zero-order valence-corrected chi connectivity index (χ0v) is 12.8. The lowest BCUT2D eigenvalue weighted by Gasteiger charge is -2.09. The Morgan fingerprint density at radius 1 is 1.13 bits per heavy atom. The molecule has 0 spiro atoms. The highest BCUT2D eigenvalue weighted by molar-refractivity contribution is 6.00. The molecule has 0 atom stereocenters. The van der Waals surface area contributed by atoms with Crippen molar-refractivity contribution in [2.24, 2.45) is 4.99 Å². The normalized spacial score (nSPS) is 9.78. The Labute approximate surface area is 134 Å². The van der Waals surface area contributed by atoms with Crippen molar-refractivity contribution >= 4 is 29.9 Å². The average Bonchev–Trinajstić information content (AvgIpc) is 2.60. The quantitative estimate of drug-likeness (QED) is 0.658. The first kappa shape index (κ1) is 16.2. The summed E-state index contributed by atoms with van der Waals surface area (Å²) in [5.74, 6) is -0.489. The topological polar surface area (TPSA) is 70.6 Å². The molecule has 0 radical (unpaired) electrons. The molecule has 0 saturated carbocycles. The minimum atomic E-state index is -0.273. The molecular weight excluding hydrogens is 290 g/mol. The highest BCUT2D eigenvalue weighted by atomic mass is 16.2. The number of benzene rings is 2. The number of hydrogen-bond acceptors (Lipinski definition) is 3. The van der Waals surface area contributed by atoms with E-state index in [1.165, 1.54) is 6.08 Å². The van der Waals surface area contributed by atoms with E-state index in [2.05, 4.69) is 28.9 Å². The van der Waals surface area contributed by atoms with Gasteiger partial charge in [-0.25, -0.2) is 0 Å². The van der Waals surface area contributed by atoms with Crippen molar-refractivity contribution < 1.29 is 9.59 Å². The van der Waals surface area contributed by atoms with Crippen LogP contribution in [0.25, 0.3) is 11.1 Å². The van der Waals surface area contributed by atoms with Gasteiger partial charge in [-0.3, -0.25) is 14.6 Å². The molecular formula is C18H17N3O2. The predicted molar refractivity (Wildman–Crippen MR) is 93.3 cm³/mol. The molecule has 0 aliphatic heterocycles. The summed E-state index contributed by atoms with van der Waals surface area (Å²) in [6, 6.07) is 12.7. The van der Waals surface area contributed by atoms with Crippen molar-refractivity contribution in [3.05, 3.63) is 60.7 Å². The molecule has 5 nitrogen and oxygen atoms in total. The summed E-state index contributed by atoms with van der Waals surface area (Å²) in [6.07, 6.45) is 1.21. The maximum Gasteiger partial charge on any atom is 0.253 e. The van der Waals surface area contributed by atoms with Crippen LogP contribution in [0.5, 0.6) is 0 Å². The predicted octanol–water partition coefficient (Wildman–Crippen LogP) is 3.17. The Morgan fingerprint density at radius 3 is 2.52 bits per heavy atom. The molecule has 0 aliphatic rings. The van der Waals surface area contributed by atoms with Gasteiger partial charge in [0.1, 0.15) is 0 Å². The van der Waals surface area contributed by atoms with Gasteiger partial charge in [0.25, 0.3) is 5.91 Å². The molecule has 116 valence electrons. The maximum absolute atomic E-state index is 11.8. The second kappa shape index (κ2) is 7.17. The number of anilines is 1. The molecule has 23 heavy (non-hydrogen) atoms. The molecule has 0 aromatic heterocycles. The summed E-state index contributed by atoms with van der Waals surface area (Å²) >= 11 is 0. The maximum atomic E-state index is 11.8. The summed E-state index contributed by atoms with van der Waals surface area (Å²) in [7, 11) is 1.56. The van der Waals surface area contributed by atoms with E-state index in [0.717, 1.165) is 11.1 Å². The number of aliphatic imine (C=N–C) groups is 1. The van der Waals surface area contributed by atoms with E-state index in [4.69, 9.17) is 0 Å². The summed E-state index contributed by atoms with van der Waals surface area (Å²) < 4.78 is 0. The Bertz CT molecular complexity index is 782. The molecule has 2 amide bonds. The van der Waals surface area contributed by atoms with E-state index in [-0.39, 0.29) is 11.8 Å². The van der Waals surface area contributed by atoms with Crippen LogP contribution in [-0.2, 0) is 4.79 Å². The minimum Gasteiger partial charge on any atom is -0.355 e. The van der Waals surface area contributed by atoms with Crippen molar-refractivity contribution in [1.29, 1.82) is 0 Å². The standard InChI is InChI=1S/C18H17N3O2/c1-4-17(22)21-14-7-5-6-12(10-14)13-8-9-15(18(23)20-3)16(11-13)19-2/h4-11H,1-2H2,3H3,(H,20,23)(H,21,22). The summed E-state index contributed by atoms with van der Waals surface area (Å²) in [6.45, 7) is 6.94. The Morgan fingerprint density at radius 2 is 1.87 bits per heavy atom. The lowest BCUT2D eigenvalue weighted by Crippen LogP contribution is -2.17. The van der Waals surface area contributed by atoms with E-state index >= 15 is 0 Å². The van der Waals surface area contributed by atoms with Crippen LogP contribution in [0.4, 0.5) is 11.4 Å². The van der Waals surface area contributed by atoms with Crippen molar-refractivity contribution in [2.75, 3.05) is 12.4 Å². The van der Waals surface area contributed by atoms with Gasteiger partial charge in [-0.05, 0) is 48.2 Å². The third-order valence-corrected chi connectivity index (χ3v) is 3.29. The number of nitrogens with one attached hydrogen (secondary N) is 2. The first-order valence-electron chi connectivity index (χ1n) is 6.95. The van der Waals surface area contributed by atoms with E-state index < -0.39 is 0 Å². The third-order valence-electron chi connectivity index (χ3n) is 3.29. The van der Waals surface area contributed by atoms with Gasteiger partial charge in [-0.1, -0.05) is 24.8 Å². The molecule has 2 aromatic rings. The molecule has 2 rings (SSSR count). The largest absolute Gasteiger partial charge is 0.355 e. The molecule has 0 bridgehead atoms. The monoisotopic (exact) mass is 307 g/mol. The van der Waals surface area contributed by atoms with E-state index in [9.17, 15) is 9.59 Å². The molecule has 2 aromatic carbocycles. The van der Waals surface area contributed by atoms with Crippen molar-refractivity contribution in [3.63, 3.8) is 0 Å². The van der Waals surface area contributed by atoms with Crippen molar-refractivity contribution in [3.8, 4) is 11.1 Å². The van der Waals surface area contributed by atoms with Crippen LogP contribution in [0.2, 0.25) is 0 Å². The fourth-order valence-electron chi connectivity index (χ4n) is 2.14. The van der Waals surface area contributed by atoms with Crippen LogP contribution < -0.4 is 10.6 Å². The average molecular weight is 307 g/mol. The number of rotatable bonds is 5. The number of carbonyl (C=O) groups is 2. The fourth-order valence-corrected chi connectivity index (χ4v) is 2.14. The molecule has 2 N–H and O–H groups in total. The van der Waals surface area contributed by atoms with Gasteiger partial charge in [0, 0.05) is 12.7 Å². The zero-order chi connectivity index (χ0) is 16.8. The number of hydrogen-bond donors (Lipinski definition) is 2. The van der Waals surface area contributed by atoms with E-state index in [1.54, 1.807) is 25.2 Å². The summed E-state index contributed by atoms with van der Waals surface area (Å²) in [4.78, 5) is 27.1. The van der Waals surface area contributed by atoms with Crippen LogP contribution in [-0.4, -0.2) is 25.6 Å². The minimum absolute atomic E-state index is 0.217. The van der Waals surface area contributed by atoms with Crippen LogP contribution in [0.15, 0.2) is 60.1 Å². The first-order valence-corrected chi connectivity index (χ1v) is 6.95. The van der Waals surface area contributed by atoms with Gasteiger partial charge in [-0.2, -0.15) is 0 Å². The number of amides is 2. The number of carbonyl (C=O) groups excluding carboxylic acids is 2. The van der Waals surface area contributed by atoms with Gasteiger partial charge in [0.15, 0.2) is 0 Å². The SMILES string of the molecule is C=CC(=O)Nc1cccc(-c2ccc(C(=O)NC)c(N=C)c2)c1. The second-order valence-corrected chi connectivity index (χ2v) is 4.74. The van der Waals surface area contributed by atoms with Gasteiger partial charge in [-0.15, -0.1) is 0 Å². The Kier molecular flexibility index (Phi) is 5.04. The Balaban J connectivity index is 2.40. The highest BCUT2D eigenvalue weighted by Crippen LogP contribution is 2.29. The molecule has 0 unspecified atom stereocenters. The Hall–Kier alpha value is -3.21. The van der Waals surface area contributed by atoms with E-state index in [0.29, 0.717) is 16.9 Å². The summed E-state index contributed by atoms with van der Waals surface area (Å²) in [5.41, 5.74) is 3.38. The molecule has 5 heteroatoms. The van der Waals surface area contributed by atoms with Gasteiger partial charge < -0.3 is 10.6 Å². The van der Waals surface area contributed by atoms with Gasteiger partial charge in [0.2, 0.25) is 5.91 Å². The molecule has 0 heterocycles. The third kappa shape index (κ3) is 3.71. The van der Waals surface area contributed by atoms with Crippen molar-refractivity contribution in [2.45, 2.75) is 0 Å². The summed E-state index contributed by atoms with van der Waals surface area (Å²) in [5, 5.41) is 5.28. The smallest absolute Gasteiger partial charge is 0.253 e. The lowest BCUT2D eigenvalue weighted by molar-refractivity contribution is -0.111. The molecule has 0 aliphatic carbocycles. The zero-order valence-electron chi connectivity index (χ0n) is 12.8. The van der Waals surface area contributed by atoms with Crippen molar-refractivity contribution in [1.82, 2.24) is 5.32 Å². The lowest BCUT2D eigenvalue weighted by atomic mass is 10.0. The molecule has 0 fully saturated rings. The second-order valence-electron chi connectivity index (χ2n) is 4.74. The van der Waals surface area contributed by atoms with Crippen LogP contribution in [0, 0.1) is 0 Å². The fraction of sp³-hybridized carbons (Fsp3) is 0.0556. The van der Waals surface area contributed by atoms with Crippen LogP contribution in [0.1, 0.15) is 10.4 Å². The van der Waals surface area contributed by atoms with Crippen LogP contribution in [0.3, 0.4) is 0 Å². The molecule has 0 saturated heterocycles. The first-order chi connectivity index (χ1) is 11.1. The van der Waals surface area contributed by atoms with Gasteiger partial charge in [0.05, 0.1) is 11.3 Å². The van der Waals surface area contributed by atoms with E-state index in [1.807, 2.05) is 24.3 Å². The van der Waals surface area contributed by atoms with Gasteiger partial charge >= 0.3 is 0 Å². The highest BCUT2D eigenvalue weighted by Gasteiger charge is 2.11. The number of nitrogens with zero attached hydrogens (tertiary/aromatic N) is 1. The van der Waals surface area contributed by atoms with Crippen LogP contribution >= 0.6 is 0 Å².